The highest BCUT2D eigenvalue weighted by Crippen LogP contribution is 2.24. The number of ether oxygens (including phenoxy) is 1. The van der Waals surface area contributed by atoms with Gasteiger partial charge >= 0.3 is 0 Å². The first-order chi connectivity index (χ1) is 10.7. The number of fused-ring (bicyclic) bond motifs is 1. The van der Waals surface area contributed by atoms with Gasteiger partial charge in [0.1, 0.15) is 5.75 Å². The maximum Gasteiger partial charge on any atom is 0.233 e. The number of ketones is 2. The molecule has 2 aromatic carbocycles. The number of carbonyl (C=O) groups is 2. The van der Waals surface area contributed by atoms with Gasteiger partial charge in [0.15, 0.2) is 0 Å². The molecule has 0 amide bonds. The Bertz CT molecular complexity index is 755. The molecule has 1 aliphatic rings. The number of rotatable bonds is 4. The average Bonchev–Trinajstić information content (AvgIpc) is 2.57. The lowest BCUT2D eigenvalue weighted by atomic mass is 9.87. The lowest BCUT2D eigenvalue weighted by Crippen LogP contribution is -2.21. The summed E-state index contributed by atoms with van der Waals surface area (Å²) in [6, 6.07) is 15.0. The van der Waals surface area contributed by atoms with E-state index in [1.165, 1.54) is 0 Å². The molecular formula is C19H16O3. The van der Waals surface area contributed by atoms with Gasteiger partial charge in [-0.05, 0) is 42.2 Å². The lowest BCUT2D eigenvalue weighted by molar-refractivity contribution is -0.112. The highest BCUT2D eigenvalue weighted by Gasteiger charge is 2.26. The van der Waals surface area contributed by atoms with Gasteiger partial charge in [0.25, 0.3) is 0 Å². The van der Waals surface area contributed by atoms with Crippen LogP contribution in [-0.4, -0.2) is 18.7 Å². The van der Waals surface area contributed by atoms with E-state index < -0.39 is 5.78 Å². The van der Waals surface area contributed by atoms with Crippen LogP contribution in [0.4, 0.5) is 0 Å². The molecule has 3 heteroatoms. The first-order valence-corrected chi connectivity index (χ1v) is 7.20. The second kappa shape index (κ2) is 5.98. The zero-order valence-electron chi connectivity index (χ0n) is 12.3. The first-order valence-electron chi connectivity index (χ1n) is 7.20. The van der Waals surface area contributed by atoms with Crippen LogP contribution in [0, 0.1) is 0 Å². The van der Waals surface area contributed by atoms with Crippen molar-refractivity contribution in [3.63, 3.8) is 0 Å². The quantitative estimate of drug-likeness (QED) is 0.810. The Kier molecular flexibility index (Phi) is 3.88. The number of aryl methyl sites for hydroxylation is 1. The fraction of sp³-hybridized carbons (Fsp3) is 0.158. The van der Waals surface area contributed by atoms with Crippen molar-refractivity contribution in [1.82, 2.24) is 0 Å². The number of allylic oxidation sites excluding steroid dienone is 1. The molecule has 0 radical (unpaired) electrons. The monoisotopic (exact) mass is 292 g/mol. The molecule has 1 aliphatic carbocycles. The van der Waals surface area contributed by atoms with Crippen LogP contribution in [0.15, 0.2) is 54.1 Å². The second-order valence-electron chi connectivity index (χ2n) is 5.26. The maximum absolute atomic E-state index is 12.2. The highest BCUT2D eigenvalue weighted by atomic mass is 16.5. The summed E-state index contributed by atoms with van der Waals surface area (Å²) < 4.78 is 5.12. The van der Waals surface area contributed by atoms with E-state index >= 15 is 0 Å². The number of methoxy groups -OCH3 is 1. The van der Waals surface area contributed by atoms with Crippen LogP contribution in [-0.2, 0) is 11.2 Å². The van der Waals surface area contributed by atoms with E-state index in [0.717, 1.165) is 23.3 Å². The van der Waals surface area contributed by atoms with Crippen molar-refractivity contribution in [3.05, 3.63) is 70.8 Å². The molecule has 0 aliphatic heterocycles. The van der Waals surface area contributed by atoms with Gasteiger partial charge in [0, 0.05) is 11.1 Å². The Hall–Kier alpha value is -2.68. The Morgan fingerprint density at radius 3 is 2.32 bits per heavy atom. The minimum absolute atomic E-state index is 0.382. The van der Waals surface area contributed by atoms with Crippen LogP contribution in [0.25, 0.3) is 6.08 Å². The fourth-order valence-electron chi connectivity index (χ4n) is 2.61. The molecule has 110 valence electrons. The Morgan fingerprint density at radius 1 is 0.864 bits per heavy atom. The molecule has 0 bridgehead atoms. The fourth-order valence-corrected chi connectivity index (χ4v) is 2.61. The number of carbonyl (C=O) groups excluding carboxylic acids is 2. The highest BCUT2D eigenvalue weighted by molar-refractivity contribution is 6.51. The summed E-state index contributed by atoms with van der Waals surface area (Å²) >= 11 is 0. The standard InChI is InChI=1S/C19H16O3/c1-22-16-10-7-13(8-11-16)6-9-15-12-14-4-2-3-5-17(14)19(21)18(15)20/h2-5,7-8,10-12H,6,9H2,1H3. The molecule has 0 unspecified atom stereocenters. The Morgan fingerprint density at radius 2 is 1.59 bits per heavy atom. The van der Waals surface area contributed by atoms with Crippen LogP contribution >= 0.6 is 0 Å². The third-order valence-electron chi connectivity index (χ3n) is 3.88. The van der Waals surface area contributed by atoms with Crippen molar-refractivity contribution < 1.29 is 14.3 Å². The van der Waals surface area contributed by atoms with Gasteiger partial charge in [0.2, 0.25) is 11.6 Å². The average molecular weight is 292 g/mol. The summed E-state index contributed by atoms with van der Waals surface area (Å²) in [6.07, 6.45) is 3.12. The van der Waals surface area contributed by atoms with E-state index in [1.54, 1.807) is 19.2 Å². The van der Waals surface area contributed by atoms with Crippen molar-refractivity contribution in [2.45, 2.75) is 12.8 Å². The maximum atomic E-state index is 12.2. The molecule has 22 heavy (non-hydrogen) atoms. The van der Waals surface area contributed by atoms with E-state index in [-0.39, 0.29) is 5.78 Å². The van der Waals surface area contributed by atoms with Crippen LogP contribution in [0.3, 0.4) is 0 Å². The Balaban J connectivity index is 1.78. The van der Waals surface area contributed by atoms with Gasteiger partial charge in [-0.3, -0.25) is 9.59 Å². The molecule has 0 spiro atoms. The van der Waals surface area contributed by atoms with E-state index in [4.69, 9.17) is 4.74 Å². The van der Waals surface area contributed by atoms with E-state index in [0.29, 0.717) is 17.6 Å². The molecule has 0 N–H and O–H groups in total. The van der Waals surface area contributed by atoms with E-state index in [2.05, 4.69) is 0 Å². The second-order valence-corrected chi connectivity index (χ2v) is 5.26. The van der Waals surface area contributed by atoms with Crippen molar-refractivity contribution in [3.8, 4) is 5.75 Å². The molecular weight excluding hydrogens is 276 g/mol. The van der Waals surface area contributed by atoms with Crippen LogP contribution < -0.4 is 4.74 Å². The van der Waals surface area contributed by atoms with Crippen LogP contribution in [0.1, 0.15) is 27.9 Å². The van der Waals surface area contributed by atoms with E-state index in [9.17, 15) is 9.59 Å². The molecule has 0 atom stereocenters. The third kappa shape index (κ3) is 2.70. The summed E-state index contributed by atoms with van der Waals surface area (Å²) in [5.74, 6) is 0.0239. The van der Waals surface area contributed by atoms with E-state index in [1.807, 2.05) is 42.5 Å². The molecule has 0 heterocycles. The topological polar surface area (TPSA) is 43.4 Å². The third-order valence-corrected chi connectivity index (χ3v) is 3.88. The van der Waals surface area contributed by atoms with Gasteiger partial charge < -0.3 is 4.74 Å². The number of benzene rings is 2. The summed E-state index contributed by atoms with van der Waals surface area (Å²) in [5, 5.41) is 0. The number of hydrogen-bond donors (Lipinski definition) is 0. The molecule has 0 saturated heterocycles. The molecule has 3 nitrogen and oxygen atoms in total. The minimum Gasteiger partial charge on any atom is -0.497 e. The smallest absolute Gasteiger partial charge is 0.233 e. The number of Topliss-reactive ketones (excluding diaryl/α,β-unsaturated/α-hetero) is 2. The van der Waals surface area contributed by atoms with Crippen LogP contribution in [0.2, 0.25) is 0 Å². The summed E-state index contributed by atoms with van der Waals surface area (Å²) in [6.45, 7) is 0. The van der Waals surface area contributed by atoms with Crippen molar-refractivity contribution in [2.75, 3.05) is 7.11 Å². The lowest BCUT2D eigenvalue weighted by Gasteiger charge is -2.14. The zero-order valence-corrected chi connectivity index (χ0v) is 12.3. The molecule has 0 aromatic heterocycles. The van der Waals surface area contributed by atoms with Gasteiger partial charge in [-0.1, -0.05) is 36.4 Å². The summed E-state index contributed by atoms with van der Waals surface area (Å²) in [5.41, 5.74) is 3.03. The van der Waals surface area contributed by atoms with Crippen molar-refractivity contribution in [2.24, 2.45) is 0 Å². The van der Waals surface area contributed by atoms with Crippen molar-refractivity contribution >= 4 is 17.6 Å². The van der Waals surface area contributed by atoms with Gasteiger partial charge in [-0.25, -0.2) is 0 Å². The predicted molar refractivity (Wildman–Crippen MR) is 85.1 cm³/mol. The predicted octanol–water partition coefficient (Wildman–Crippen LogP) is 3.48. The minimum atomic E-state index is -0.400. The van der Waals surface area contributed by atoms with Gasteiger partial charge in [-0.2, -0.15) is 0 Å². The number of hydrogen-bond acceptors (Lipinski definition) is 3. The molecule has 0 saturated carbocycles. The summed E-state index contributed by atoms with van der Waals surface area (Å²) in [4.78, 5) is 24.3. The Labute approximate surface area is 129 Å². The molecule has 3 rings (SSSR count). The summed E-state index contributed by atoms with van der Waals surface area (Å²) in [7, 11) is 1.63. The van der Waals surface area contributed by atoms with Gasteiger partial charge in [0.05, 0.1) is 7.11 Å². The largest absolute Gasteiger partial charge is 0.497 e. The molecule has 0 fully saturated rings. The zero-order chi connectivity index (χ0) is 15.5. The van der Waals surface area contributed by atoms with Gasteiger partial charge in [-0.15, -0.1) is 0 Å². The first kappa shape index (κ1) is 14.3. The van der Waals surface area contributed by atoms with Crippen LogP contribution in [0.5, 0.6) is 5.75 Å². The normalized spacial score (nSPS) is 13.6. The van der Waals surface area contributed by atoms with Crippen molar-refractivity contribution in [1.29, 1.82) is 0 Å². The SMILES string of the molecule is COc1ccc(CCC2=Cc3ccccc3C(=O)C2=O)cc1. The molecule has 2 aromatic rings.